The van der Waals surface area contributed by atoms with Crippen LogP contribution in [-0.4, -0.2) is 22.3 Å². The molecule has 16 heavy (non-hydrogen) atoms. The summed E-state index contributed by atoms with van der Waals surface area (Å²) < 4.78 is 37.0. The highest BCUT2D eigenvalue weighted by molar-refractivity contribution is 7.84. The predicted molar refractivity (Wildman–Crippen MR) is 61.6 cm³/mol. The second kappa shape index (κ2) is 6.06. The Morgan fingerprint density at radius 1 is 1.44 bits per heavy atom. The van der Waals surface area contributed by atoms with E-state index in [1.165, 1.54) is 0 Å². The van der Waals surface area contributed by atoms with Crippen LogP contribution in [0.25, 0.3) is 0 Å². The Morgan fingerprint density at radius 2 is 2.12 bits per heavy atom. The molecule has 0 heterocycles. The van der Waals surface area contributed by atoms with Crippen LogP contribution in [-0.2, 0) is 17.3 Å². The number of hydrogen-bond donors (Lipinski definition) is 1. The minimum Gasteiger partial charge on any atom is -0.311 e. The van der Waals surface area contributed by atoms with Crippen molar-refractivity contribution in [3.05, 3.63) is 35.4 Å². The van der Waals surface area contributed by atoms with Crippen LogP contribution >= 0.6 is 0 Å². The molecule has 0 spiro atoms. The lowest BCUT2D eigenvalue weighted by atomic mass is 10.2. The fraction of sp³-hybridized carbons (Fsp3) is 0.455. The molecule has 1 aromatic carbocycles. The maximum atomic E-state index is 13.2. The highest BCUT2D eigenvalue weighted by Gasteiger charge is 2.07. The monoisotopic (exact) mass is 247 g/mol. The van der Waals surface area contributed by atoms with Gasteiger partial charge in [-0.1, -0.05) is 0 Å². The fourth-order valence-electron chi connectivity index (χ4n) is 1.21. The highest BCUT2D eigenvalue weighted by Crippen LogP contribution is 2.09. The van der Waals surface area contributed by atoms with Gasteiger partial charge in [0, 0.05) is 41.0 Å². The third-order valence-corrected chi connectivity index (χ3v) is 3.62. The highest BCUT2D eigenvalue weighted by atomic mass is 32.2. The number of nitrogens with one attached hydrogen (secondary N) is 1. The Labute approximate surface area is 96.5 Å². The molecule has 0 saturated carbocycles. The maximum absolute atomic E-state index is 13.2. The minimum absolute atomic E-state index is 0.00313. The normalized spacial score (nSPS) is 14.8. The van der Waals surface area contributed by atoms with Gasteiger partial charge in [0.15, 0.2) is 0 Å². The van der Waals surface area contributed by atoms with Crippen LogP contribution < -0.4 is 5.32 Å². The first-order valence-electron chi connectivity index (χ1n) is 4.97. The first kappa shape index (κ1) is 13.3. The van der Waals surface area contributed by atoms with Crippen molar-refractivity contribution in [1.29, 1.82) is 0 Å². The first-order valence-corrected chi connectivity index (χ1v) is 6.59. The zero-order chi connectivity index (χ0) is 12.1. The zero-order valence-corrected chi connectivity index (χ0v) is 10.1. The molecular weight excluding hydrogens is 232 g/mol. The Morgan fingerprint density at radius 3 is 2.75 bits per heavy atom. The van der Waals surface area contributed by atoms with Gasteiger partial charge >= 0.3 is 0 Å². The summed E-state index contributed by atoms with van der Waals surface area (Å²) in [6, 6.07) is 3.35. The van der Waals surface area contributed by atoms with Crippen molar-refractivity contribution >= 4 is 10.8 Å². The van der Waals surface area contributed by atoms with Crippen LogP contribution in [0.5, 0.6) is 0 Å². The van der Waals surface area contributed by atoms with Crippen LogP contribution in [0.15, 0.2) is 18.2 Å². The van der Waals surface area contributed by atoms with E-state index in [2.05, 4.69) is 5.32 Å². The second-order valence-electron chi connectivity index (χ2n) is 3.68. The standard InChI is InChI=1S/C11H15F2NOS/c1-8(16(2)15)6-14-7-9-5-10(12)3-4-11(9)13/h3-5,8,14H,6-7H2,1-2H3. The van der Waals surface area contributed by atoms with E-state index in [-0.39, 0.29) is 17.4 Å². The van der Waals surface area contributed by atoms with Crippen LogP contribution in [0.3, 0.4) is 0 Å². The third kappa shape index (κ3) is 3.98. The van der Waals surface area contributed by atoms with Crippen molar-refractivity contribution in [2.75, 3.05) is 12.8 Å². The quantitative estimate of drug-likeness (QED) is 0.860. The summed E-state index contributed by atoms with van der Waals surface area (Å²) in [7, 11) is -0.908. The lowest BCUT2D eigenvalue weighted by molar-refractivity contribution is 0.567. The van der Waals surface area contributed by atoms with E-state index >= 15 is 0 Å². The third-order valence-electron chi connectivity index (χ3n) is 2.32. The van der Waals surface area contributed by atoms with Crippen molar-refractivity contribution in [2.45, 2.75) is 18.7 Å². The lowest BCUT2D eigenvalue weighted by Gasteiger charge is -2.10. The molecule has 1 N–H and O–H groups in total. The molecule has 2 unspecified atom stereocenters. The summed E-state index contributed by atoms with van der Waals surface area (Å²) in [5.74, 6) is -0.885. The van der Waals surface area contributed by atoms with E-state index in [1.807, 2.05) is 6.92 Å². The molecule has 0 aliphatic heterocycles. The second-order valence-corrected chi connectivity index (χ2v) is 5.48. The SMILES string of the molecule is CC(CNCc1cc(F)ccc1F)S(C)=O. The van der Waals surface area contributed by atoms with Gasteiger partial charge in [-0.3, -0.25) is 4.21 Å². The summed E-state index contributed by atoms with van der Waals surface area (Å²) in [6.07, 6.45) is 1.62. The summed E-state index contributed by atoms with van der Waals surface area (Å²) in [5.41, 5.74) is 0.286. The summed E-state index contributed by atoms with van der Waals surface area (Å²) in [4.78, 5) is 0. The average molecular weight is 247 g/mol. The van der Waals surface area contributed by atoms with Gasteiger partial charge in [-0.05, 0) is 25.1 Å². The van der Waals surface area contributed by atoms with Gasteiger partial charge in [0.05, 0.1) is 0 Å². The molecule has 2 atom stereocenters. The van der Waals surface area contributed by atoms with Crippen molar-refractivity contribution < 1.29 is 13.0 Å². The van der Waals surface area contributed by atoms with Crippen molar-refractivity contribution in [1.82, 2.24) is 5.32 Å². The van der Waals surface area contributed by atoms with Crippen molar-refractivity contribution in [3.8, 4) is 0 Å². The zero-order valence-electron chi connectivity index (χ0n) is 9.30. The molecule has 0 aromatic heterocycles. The van der Waals surface area contributed by atoms with Gasteiger partial charge in [0.2, 0.25) is 0 Å². The van der Waals surface area contributed by atoms with Crippen LogP contribution in [0.4, 0.5) is 8.78 Å². The van der Waals surface area contributed by atoms with E-state index < -0.39 is 22.4 Å². The van der Waals surface area contributed by atoms with E-state index in [4.69, 9.17) is 0 Å². The van der Waals surface area contributed by atoms with Gasteiger partial charge < -0.3 is 5.32 Å². The molecule has 0 aliphatic rings. The Kier molecular flexibility index (Phi) is 5.02. The number of hydrogen-bond acceptors (Lipinski definition) is 2. The minimum atomic E-state index is -0.908. The van der Waals surface area contributed by atoms with Gasteiger partial charge in [0.1, 0.15) is 11.6 Å². The van der Waals surface area contributed by atoms with Crippen LogP contribution in [0, 0.1) is 11.6 Å². The molecule has 2 nitrogen and oxygen atoms in total. The maximum Gasteiger partial charge on any atom is 0.127 e. The molecule has 0 amide bonds. The molecule has 0 radical (unpaired) electrons. The molecule has 0 aliphatic carbocycles. The van der Waals surface area contributed by atoms with Gasteiger partial charge in [-0.15, -0.1) is 0 Å². The molecule has 5 heteroatoms. The van der Waals surface area contributed by atoms with Crippen molar-refractivity contribution in [3.63, 3.8) is 0 Å². The van der Waals surface area contributed by atoms with E-state index in [0.717, 1.165) is 18.2 Å². The number of rotatable bonds is 5. The average Bonchev–Trinajstić information content (AvgIpc) is 2.22. The Hall–Kier alpha value is -0.810. The summed E-state index contributed by atoms with van der Waals surface area (Å²) in [6.45, 7) is 2.59. The number of halogens is 2. The van der Waals surface area contributed by atoms with E-state index in [9.17, 15) is 13.0 Å². The lowest BCUT2D eigenvalue weighted by Crippen LogP contribution is -2.27. The largest absolute Gasteiger partial charge is 0.311 e. The molecular formula is C11H15F2NOS. The Bertz CT molecular complexity index is 384. The first-order chi connectivity index (χ1) is 7.50. The van der Waals surface area contributed by atoms with Gasteiger partial charge in [-0.2, -0.15) is 0 Å². The smallest absolute Gasteiger partial charge is 0.127 e. The predicted octanol–water partition coefficient (Wildman–Crippen LogP) is 1.82. The molecule has 0 saturated heterocycles. The van der Waals surface area contributed by atoms with Gasteiger partial charge in [-0.25, -0.2) is 8.78 Å². The van der Waals surface area contributed by atoms with Crippen LogP contribution in [0.1, 0.15) is 12.5 Å². The Balaban J connectivity index is 2.48. The topological polar surface area (TPSA) is 29.1 Å². The molecule has 1 rings (SSSR count). The molecule has 90 valence electrons. The summed E-state index contributed by atoms with van der Waals surface area (Å²) in [5, 5.41) is 2.95. The van der Waals surface area contributed by atoms with E-state index in [0.29, 0.717) is 6.54 Å². The number of benzene rings is 1. The van der Waals surface area contributed by atoms with Gasteiger partial charge in [0.25, 0.3) is 0 Å². The van der Waals surface area contributed by atoms with Crippen molar-refractivity contribution in [2.24, 2.45) is 0 Å². The van der Waals surface area contributed by atoms with E-state index in [1.54, 1.807) is 6.26 Å². The molecule has 0 bridgehead atoms. The van der Waals surface area contributed by atoms with Crippen LogP contribution in [0.2, 0.25) is 0 Å². The molecule has 1 aromatic rings. The summed E-state index contributed by atoms with van der Waals surface area (Å²) >= 11 is 0. The molecule has 0 fully saturated rings. The fourth-order valence-corrected chi connectivity index (χ4v) is 1.56.